The van der Waals surface area contributed by atoms with Crippen molar-refractivity contribution in [3.05, 3.63) is 48.2 Å². The van der Waals surface area contributed by atoms with Crippen molar-refractivity contribution in [1.82, 2.24) is 5.32 Å². The minimum atomic E-state index is -0.471. The molecule has 1 unspecified atom stereocenters. The highest BCUT2D eigenvalue weighted by atomic mass is 19.1. The summed E-state index contributed by atoms with van der Waals surface area (Å²) in [6.07, 6.45) is 5.04. The largest absolute Gasteiger partial charge is 0.367 e. The lowest BCUT2D eigenvalue weighted by Gasteiger charge is -2.33. The number of alkyl halides is 1. The standard InChI is InChI=1S/C15H16FN3O/c1-18-12-6-2-3-7-13(12)19(10-8-16)14-11(15(18)20)5-4-9-17-14/h2-7,9,14,17H,8,10H2,1H3. The third kappa shape index (κ3) is 1.86. The summed E-state index contributed by atoms with van der Waals surface area (Å²) in [5, 5.41) is 3.15. The Morgan fingerprint density at radius 2 is 2.05 bits per heavy atom. The van der Waals surface area contributed by atoms with Gasteiger partial charge in [0.15, 0.2) is 0 Å². The molecule has 2 heterocycles. The molecule has 0 saturated heterocycles. The predicted octanol–water partition coefficient (Wildman–Crippen LogP) is 1.81. The van der Waals surface area contributed by atoms with Gasteiger partial charge in [-0.3, -0.25) is 4.79 Å². The molecule has 0 fully saturated rings. The average molecular weight is 273 g/mol. The lowest BCUT2D eigenvalue weighted by molar-refractivity contribution is -0.115. The number of carbonyl (C=O) groups excluding carboxylic acids is 1. The number of dihydropyridines is 1. The first-order valence-electron chi connectivity index (χ1n) is 6.56. The number of halogens is 1. The van der Waals surface area contributed by atoms with E-state index in [1.807, 2.05) is 29.2 Å². The molecule has 4 nitrogen and oxygen atoms in total. The van der Waals surface area contributed by atoms with Crippen LogP contribution in [0.4, 0.5) is 15.8 Å². The third-order valence-corrected chi connectivity index (χ3v) is 3.66. The number of rotatable bonds is 2. The quantitative estimate of drug-likeness (QED) is 0.892. The van der Waals surface area contributed by atoms with E-state index < -0.39 is 6.67 Å². The van der Waals surface area contributed by atoms with E-state index in [4.69, 9.17) is 0 Å². The fraction of sp³-hybridized carbons (Fsp3) is 0.267. The highest BCUT2D eigenvalue weighted by Crippen LogP contribution is 2.35. The molecule has 0 radical (unpaired) electrons. The van der Waals surface area contributed by atoms with Crippen LogP contribution in [-0.2, 0) is 4.79 Å². The fourth-order valence-corrected chi connectivity index (χ4v) is 2.70. The zero-order chi connectivity index (χ0) is 14.1. The monoisotopic (exact) mass is 273 g/mol. The number of allylic oxidation sites excluding steroid dienone is 2. The van der Waals surface area contributed by atoms with E-state index in [0.717, 1.165) is 11.4 Å². The summed E-state index contributed by atoms with van der Waals surface area (Å²) in [4.78, 5) is 16.1. The molecule has 1 amide bonds. The van der Waals surface area contributed by atoms with E-state index in [1.165, 1.54) is 0 Å². The van der Waals surface area contributed by atoms with Gasteiger partial charge in [0.1, 0.15) is 12.8 Å². The second-order valence-corrected chi connectivity index (χ2v) is 4.79. The topological polar surface area (TPSA) is 35.6 Å². The Morgan fingerprint density at radius 3 is 2.80 bits per heavy atom. The van der Waals surface area contributed by atoms with Crippen LogP contribution in [0, 0.1) is 0 Å². The molecule has 1 aromatic rings. The minimum Gasteiger partial charge on any atom is -0.367 e. The van der Waals surface area contributed by atoms with Crippen molar-refractivity contribution in [2.45, 2.75) is 6.17 Å². The van der Waals surface area contributed by atoms with Crippen molar-refractivity contribution in [1.29, 1.82) is 0 Å². The summed E-state index contributed by atoms with van der Waals surface area (Å²) in [6.45, 7) is -0.234. The molecule has 2 aliphatic heterocycles. The molecule has 1 atom stereocenters. The molecular weight excluding hydrogens is 257 g/mol. The third-order valence-electron chi connectivity index (χ3n) is 3.66. The van der Waals surface area contributed by atoms with Crippen molar-refractivity contribution in [3.8, 4) is 0 Å². The van der Waals surface area contributed by atoms with Gasteiger partial charge in [-0.05, 0) is 30.5 Å². The molecule has 20 heavy (non-hydrogen) atoms. The van der Waals surface area contributed by atoms with Gasteiger partial charge < -0.3 is 15.1 Å². The van der Waals surface area contributed by atoms with Gasteiger partial charge in [0, 0.05) is 13.6 Å². The Kier molecular flexibility index (Phi) is 3.18. The van der Waals surface area contributed by atoms with Gasteiger partial charge in [0.25, 0.3) is 5.91 Å². The van der Waals surface area contributed by atoms with E-state index in [9.17, 15) is 9.18 Å². The molecule has 5 heteroatoms. The Bertz CT molecular complexity index is 597. The Labute approximate surface area is 117 Å². The van der Waals surface area contributed by atoms with E-state index in [0.29, 0.717) is 5.57 Å². The maximum Gasteiger partial charge on any atom is 0.258 e. The van der Waals surface area contributed by atoms with Gasteiger partial charge in [0.05, 0.1) is 16.9 Å². The number of benzene rings is 1. The van der Waals surface area contributed by atoms with Gasteiger partial charge in [-0.15, -0.1) is 0 Å². The van der Waals surface area contributed by atoms with Gasteiger partial charge in [0.2, 0.25) is 0 Å². The zero-order valence-electron chi connectivity index (χ0n) is 11.2. The smallest absolute Gasteiger partial charge is 0.258 e. The van der Waals surface area contributed by atoms with Crippen LogP contribution in [-0.4, -0.2) is 32.3 Å². The summed E-state index contributed by atoms with van der Waals surface area (Å²) in [5.74, 6) is -0.0688. The molecule has 1 aromatic carbocycles. The lowest BCUT2D eigenvalue weighted by atomic mass is 10.1. The van der Waals surface area contributed by atoms with Crippen LogP contribution < -0.4 is 15.1 Å². The van der Waals surface area contributed by atoms with Gasteiger partial charge in [-0.1, -0.05) is 12.1 Å². The average Bonchev–Trinajstić information content (AvgIpc) is 2.58. The van der Waals surface area contributed by atoms with Crippen molar-refractivity contribution >= 4 is 17.3 Å². The van der Waals surface area contributed by atoms with Gasteiger partial charge in [-0.25, -0.2) is 4.39 Å². The molecule has 104 valence electrons. The highest BCUT2D eigenvalue weighted by Gasteiger charge is 2.35. The molecule has 1 N–H and O–H groups in total. The molecule has 0 saturated carbocycles. The normalized spacial score (nSPS) is 20.8. The summed E-state index contributed by atoms with van der Waals surface area (Å²) in [6, 6.07) is 7.57. The number of carbonyl (C=O) groups is 1. The minimum absolute atomic E-state index is 0.0688. The number of amides is 1. The number of hydrogen-bond donors (Lipinski definition) is 1. The van der Waals surface area contributed by atoms with Gasteiger partial charge >= 0.3 is 0 Å². The van der Waals surface area contributed by atoms with Crippen LogP contribution in [0.2, 0.25) is 0 Å². The number of anilines is 2. The van der Waals surface area contributed by atoms with Crippen LogP contribution in [0.5, 0.6) is 0 Å². The van der Waals surface area contributed by atoms with Crippen LogP contribution in [0.1, 0.15) is 0 Å². The van der Waals surface area contributed by atoms with Crippen molar-refractivity contribution in [2.24, 2.45) is 0 Å². The number of nitrogens with zero attached hydrogens (tertiary/aromatic N) is 2. The molecule has 0 aromatic heterocycles. The fourth-order valence-electron chi connectivity index (χ4n) is 2.70. The molecule has 0 spiro atoms. The summed E-state index contributed by atoms with van der Waals surface area (Å²) in [5.41, 5.74) is 2.28. The van der Waals surface area contributed by atoms with E-state index >= 15 is 0 Å². The Hall–Kier alpha value is -2.30. The first-order chi connectivity index (χ1) is 9.74. The maximum absolute atomic E-state index is 13.0. The van der Waals surface area contributed by atoms with Crippen molar-refractivity contribution in [2.75, 3.05) is 30.1 Å². The SMILES string of the molecule is CN1C(=O)C2=CC=CNC2N(CCF)c2ccccc21. The maximum atomic E-state index is 13.0. The number of para-hydroxylation sites is 2. The highest BCUT2D eigenvalue weighted by molar-refractivity contribution is 6.10. The summed E-state index contributed by atoms with van der Waals surface area (Å²) < 4.78 is 13.0. The molecular formula is C15H16FN3O. The molecule has 0 bridgehead atoms. The van der Waals surface area contributed by atoms with Crippen LogP contribution in [0.15, 0.2) is 48.2 Å². The Morgan fingerprint density at radius 1 is 1.30 bits per heavy atom. The van der Waals surface area contributed by atoms with Crippen molar-refractivity contribution in [3.63, 3.8) is 0 Å². The first-order valence-corrected chi connectivity index (χ1v) is 6.56. The van der Waals surface area contributed by atoms with E-state index in [-0.39, 0.29) is 18.6 Å². The molecule has 0 aliphatic carbocycles. The Balaban J connectivity index is 2.17. The second kappa shape index (κ2) is 5.00. The van der Waals surface area contributed by atoms with Crippen LogP contribution >= 0.6 is 0 Å². The first kappa shape index (κ1) is 12.7. The van der Waals surface area contributed by atoms with Crippen LogP contribution in [0.3, 0.4) is 0 Å². The van der Waals surface area contributed by atoms with Crippen molar-refractivity contribution < 1.29 is 9.18 Å². The van der Waals surface area contributed by atoms with Crippen LogP contribution in [0.25, 0.3) is 0 Å². The summed E-state index contributed by atoms with van der Waals surface area (Å²) >= 11 is 0. The zero-order valence-corrected chi connectivity index (χ0v) is 11.2. The van der Waals surface area contributed by atoms with E-state index in [1.54, 1.807) is 30.3 Å². The molecule has 3 rings (SSSR count). The summed E-state index contributed by atoms with van der Waals surface area (Å²) in [7, 11) is 1.75. The number of likely N-dealkylation sites (N-methyl/N-ethyl adjacent to an activating group) is 1. The predicted molar refractivity (Wildman–Crippen MR) is 77.3 cm³/mol. The number of hydrogen-bond acceptors (Lipinski definition) is 3. The molecule has 2 aliphatic rings. The van der Waals surface area contributed by atoms with E-state index in [2.05, 4.69) is 5.32 Å². The second-order valence-electron chi connectivity index (χ2n) is 4.79. The van der Waals surface area contributed by atoms with Gasteiger partial charge in [-0.2, -0.15) is 0 Å². The number of nitrogens with one attached hydrogen (secondary N) is 1. The number of fused-ring (bicyclic) bond motifs is 2. The lowest BCUT2D eigenvalue weighted by Crippen LogP contribution is -2.48.